The first-order valence-electron chi connectivity index (χ1n) is 9.96. The van der Waals surface area contributed by atoms with Gasteiger partial charge in [0, 0.05) is 6.07 Å². The maximum absolute atomic E-state index is 12.2. The van der Waals surface area contributed by atoms with Crippen molar-refractivity contribution in [2.75, 3.05) is 13.7 Å². The van der Waals surface area contributed by atoms with Gasteiger partial charge in [0.15, 0.2) is 18.1 Å². The first-order valence-corrected chi connectivity index (χ1v) is 9.96. The summed E-state index contributed by atoms with van der Waals surface area (Å²) in [5.41, 5.74) is 1.02. The quantitative estimate of drug-likeness (QED) is 0.142. The Hall–Kier alpha value is -4.73. The normalized spacial score (nSPS) is 10.6. The van der Waals surface area contributed by atoms with Gasteiger partial charge in [-0.05, 0) is 54.5 Å². The number of non-ortho nitro benzene ring substituents is 1. The number of carbonyl (C=O) groups is 1. The van der Waals surface area contributed by atoms with Crippen LogP contribution in [0.5, 0.6) is 17.2 Å². The smallest absolute Gasteiger partial charge is 0.349 e. The Morgan fingerprint density at radius 1 is 0.941 bits per heavy atom. The standard InChI is InChI=1S/C24H20N2O8/c1-16-4-3-5-20(12-16)33-15-24(27)34-22-11-7-17(13-23(22)32-2)6-8-18-9-10-19(25(28)29)14-21(18)26(30)31/h3-14H,15H2,1-2H3. The minimum Gasteiger partial charge on any atom is -0.493 e. The molecule has 3 aromatic carbocycles. The van der Waals surface area contributed by atoms with Gasteiger partial charge in [0.2, 0.25) is 0 Å². The molecule has 0 bridgehead atoms. The molecule has 3 rings (SSSR count). The SMILES string of the molecule is COc1cc(C=Cc2ccc([N+](=O)[O-])cc2[N+](=O)[O-])ccc1OC(=O)COc1cccc(C)c1. The summed E-state index contributed by atoms with van der Waals surface area (Å²) in [5, 5.41) is 22.2. The fourth-order valence-electron chi connectivity index (χ4n) is 3.00. The van der Waals surface area contributed by atoms with Crippen molar-refractivity contribution in [1.82, 2.24) is 0 Å². The summed E-state index contributed by atoms with van der Waals surface area (Å²) in [6.45, 7) is 1.62. The van der Waals surface area contributed by atoms with E-state index in [1.54, 1.807) is 30.3 Å². The number of hydrogen-bond donors (Lipinski definition) is 0. The van der Waals surface area contributed by atoms with Crippen LogP contribution in [0.4, 0.5) is 11.4 Å². The first-order chi connectivity index (χ1) is 16.3. The molecule has 10 nitrogen and oxygen atoms in total. The van der Waals surface area contributed by atoms with Gasteiger partial charge in [0.05, 0.1) is 28.6 Å². The second-order valence-electron chi connectivity index (χ2n) is 7.08. The molecule has 0 heterocycles. The average molecular weight is 464 g/mol. The van der Waals surface area contributed by atoms with E-state index in [4.69, 9.17) is 14.2 Å². The van der Waals surface area contributed by atoms with Gasteiger partial charge in [0.25, 0.3) is 11.4 Å². The van der Waals surface area contributed by atoms with Crippen molar-refractivity contribution in [3.8, 4) is 17.2 Å². The van der Waals surface area contributed by atoms with Crippen LogP contribution in [0.25, 0.3) is 12.2 Å². The lowest BCUT2D eigenvalue weighted by Crippen LogP contribution is -2.18. The molecule has 34 heavy (non-hydrogen) atoms. The number of rotatable bonds is 9. The maximum Gasteiger partial charge on any atom is 0.349 e. The number of ether oxygens (including phenoxy) is 3. The summed E-state index contributed by atoms with van der Waals surface area (Å²) >= 11 is 0. The molecule has 0 atom stereocenters. The first kappa shape index (κ1) is 23.9. The summed E-state index contributed by atoms with van der Waals surface area (Å²) in [4.78, 5) is 33.0. The van der Waals surface area contributed by atoms with E-state index in [1.807, 2.05) is 19.1 Å². The maximum atomic E-state index is 12.2. The van der Waals surface area contributed by atoms with Crippen molar-refractivity contribution >= 4 is 29.5 Å². The molecular formula is C24H20N2O8. The number of nitro benzene ring substituents is 2. The topological polar surface area (TPSA) is 131 Å². The van der Waals surface area contributed by atoms with Gasteiger partial charge in [-0.1, -0.05) is 24.3 Å². The zero-order chi connectivity index (χ0) is 24.7. The number of nitrogens with zero attached hydrogens (tertiary/aromatic N) is 2. The van der Waals surface area contributed by atoms with Crippen molar-refractivity contribution in [2.45, 2.75) is 6.92 Å². The highest BCUT2D eigenvalue weighted by Crippen LogP contribution is 2.30. The molecule has 0 unspecified atom stereocenters. The van der Waals surface area contributed by atoms with E-state index in [0.29, 0.717) is 11.3 Å². The van der Waals surface area contributed by atoms with Crippen LogP contribution in [0.2, 0.25) is 0 Å². The molecule has 0 saturated carbocycles. The number of methoxy groups -OCH3 is 1. The van der Waals surface area contributed by atoms with Gasteiger partial charge in [-0.15, -0.1) is 0 Å². The van der Waals surface area contributed by atoms with Crippen LogP contribution in [0.3, 0.4) is 0 Å². The zero-order valence-corrected chi connectivity index (χ0v) is 18.3. The van der Waals surface area contributed by atoms with E-state index in [-0.39, 0.29) is 29.4 Å². The van der Waals surface area contributed by atoms with Gasteiger partial charge in [-0.3, -0.25) is 20.2 Å². The third-order valence-electron chi connectivity index (χ3n) is 4.63. The van der Waals surface area contributed by atoms with E-state index < -0.39 is 21.5 Å². The lowest BCUT2D eigenvalue weighted by atomic mass is 10.1. The van der Waals surface area contributed by atoms with Crippen molar-refractivity contribution < 1.29 is 28.9 Å². The van der Waals surface area contributed by atoms with Crippen LogP contribution in [-0.4, -0.2) is 29.5 Å². The number of hydrogen-bond acceptors (Lipinski definition) is 8. The summed E-state index contributed by atoms with van der Waals surface area (Å²) < 4.78 is 16.0. The molecule has 174 valence electrons. The highest BCUT2D eigenvalue weighted by Gasteiger charge is 2.18. The van der Waals surface area contributed by atoms with E-state index in [2.05, 4.69) is 0 Å². The second kappa shape index (κ2) is 10.7. The van der Waals surface area contributed by atoms with E-state index in [1.165, 1.54) is 31.4 Å². The van der Waals surface area contributed by atoms with E-state index in [9.17, 15) is 25.0 Å². The highest BCUT2D eigenvalue weighted by atomic mass is 16.6. The van der Waals surface area contributed by atoms with E-state index in [0.717, 1.165) is 11.6 Å². The van der Waals surface area contributed by atoms with Gasteiger partial charge >= 0.3 is 5.97 Å². The van der Waals surface area contributed by atoms with Crippen molar-refractivity contribution in [3.63, 3.8) is 0 Å². The predicted molar refractivity (Wildman–Crippen MR) is 124 cm³/mol. The monoisotopic (exact) mass is 464 g/mol. The Morgan fingerprint density at radius 3 is 2.41 bits per heavy atom. The lowest BCUT2D eigenvalue weighted by molar-refractivity contribution is -0.394. The minimum atomic E-state index is -0.697. The van der Waals surface area contributed by atoms with Gasteiger partial charge < -0.3 is 14.2 Å². The van der Waals surface area contributed by atoms with Crippen LogP contribution in [0, 0.1) is 27.2 Å². The van der Waals surface area contributed by atoms with Crippen LogP contribution < -0.4 is 14.2 Å². The van der Waals surface area contributed by atoms with Crippen molar-refractivity contribution in [1.29, 1.82) is 0 Å². The molecule has 3 aromatic rings. The largest absolute Gasteiger partial charge is 0.493 e. The summed E-state index contributed by atoms with van der Waals surface area (Å²) in [7, 11) is 1.41. The Balaban J connectivity index is 1.72. The Kier molecular flexibility index (Phi) is 7.55. The fourth-order valence-corrected chi connectivity index (χ4v) is 3.00. The average Bonchev–Trinajstić information content (AvgIpc) is 2.81. The van der Waals surface area contributed by atoms with Crippen LogP contribution >= 0.6 is 0 Å². The Morgan fingerprint density at radius 2 is 1.74 bits per heavy atom. The third-order valence-corrected chi connectivity index (χ3v) is 4.63. The predicted octanol–water partition coefficient (Wildman–Crippen LogP) is 4.97. The molecule has 0 aliphatic rings. The zero-order valence-electron chi connectivity index (χ0n) is 18.3. The Labute approximate surface area is 194 Å². The Bertz CT molecular complexity index is 1270. The van der Waals surface area contributed by atoms with E-state index >= 15 is 0 Å². The van der Waals surface area contributed by atoms with Crippen LogP contribution in [0.15, 0.2) is 60.7 Å². The van der Waals surface area contributed by atoms with Gasteiger partial charge in [-0.2, -0.15) is 0 Å². The minimum absolute atomic E-state index is 0.179. The molecule has 0 aliphatic heterocycles. The molecular weight excluding hydrogens is 444 g/mol. The molecule has 10 heteroatoms. The lowest BCUT2D eigenvalue weighted by Gasteiger charge is -2.11. The summed E-state index contributed by atoms with van der Waals surface area (Å²) in [5.74, 6) is 0.373. The van der Waals surface area contributed by atoms with Gasteiger partial charge in [-0.25, -0.2) is 4.79 Å². The van der Waals surface area contributed by atoms with Crippen LogP contribution in [0.1, 0.15) is 16.7 Å². The number of aryl methyl sites for hydroxylation is 1. The molecule has 0 amide bonds. The third kappa shape index (κ3) is 6.16. The van der Waals surface area contributed by atoms with Crippen LogP contribution in [-0.2, 0) is 4.79 Å². The molecule has 0 N–H and O–H groups in total. The number of benzene rings is 3. The molecule has 0 fully saturated rings. The summed E-state index contributed by atoms with van der Waals surface area (Å²) in [6.07, 6.45) is 3.03. The number of carbonyl (C=O) groups excluding carboxylic acids is 1. The molecule has 0 aliphatic carbocycles. The highest BCUT2D eigenvalue weighted by molar-refractivity contribution is 5.77. The second-order valence-corrected chi connectivity index (χ2v) is 7.08. The molecule has 0 radical (unpaired) electrons. The molecule has 0 spiro atoms. The van der Waals surface area contributed by atoms with Crippen molar-refractivity contribution in [3.05, 3.63) is 97.6 Å². The molecule has 0 saturated heterocycles. The summed E-state index contributed by atoms with van der Waals surface area (Å²) in [6, 6.07) is 15.4. The van der Waals surface area contributed by atoms with Gasteiger partial charge in [0.1, 0.15) is 5.75 Å². The fraction of sp³-hybridized carbons (Fsp3) is 0.125. The molecule has 0 aromatic heterocycles. The van der Waals surface area contributed by atoms with Crippen molar-refractivity contribution in [2.24, 2.45) is 0 Å². The number of nitro groups is 2. The number of esters is 1.